The molecular formula is C40H24O2. The first-order chi connectivity index (χ1) is 20.8. The summed E-state index contributed by atoms with van der Waals surface area (Å²) in [4.78, 5) is 0. The summed E-state index contributed by atoms with van der Waals surface area (Å²) in [6, 6.07) is 49.4. The molecule has 0 aliphatic heterocycles. The topological polar surface area (TPSA) is 26.3 Å². The van der Waals surface area contributed by atoms with Crippen LogP contribution in [0.5, 0.6) is 0 Å². The van der Waals surface area contributed by atoms with Crippen molar-refractivity contribution >= 4 is 54.5 Å². The molecule has 0 aliphatic carbocycles. The molecule has 196 valence electrons. The number of benzene rings is 7. The molecule has 0 fully saturated rings. The maximum absolute atomic E-state index is 6.14. The van der Waals surface area contributed by atoms with Crippen molar-refractivity contribution in [1.29, 1.82) is 0 Å². The molecule has 0 bridgehead atoms. The largest absolute Gasteiger partial charge is 0.464 e. The smallest absolute Gasteiger partial charge is 0.135 e. The number of rotatable bonds is 3. The lowest BCUT2D eigenvalue weighted by atomic mass is 9.83. The van der Waals surface area contributed by atoms with Crippen molar-refractivity contribution in [2.24, 2.45) is 0 Å². The minimum Gasteiger partial charge on any atom is -0.464 e. The molecular weight excluding hydrogens is 512 g/mol. The molecule has 0 spiro atoms. The van der Waals surface area contributed by atoms with Gasteiger partial charge in [0.05, 0.1) is 6.26 Å². The summed E-state index contributed by atoms with van der Waals surface area (Å²) in [5.41, 5.74) is 9.86. The van der Waals surface area contributed by atoms with Gasteiger partial charge in [0, 0.05) is 27.3 Å². The van der Waals surface area contributed by atoms with Crippen LogP contribution in [-0.4, -0.2) is 0 Å². The van der Waals surface area contributed by atoms with E-state index in [4.69, 9.17) is 8.83 Å². The molecule has 7 aromatic carbocycles. The molecule has 0 amide bonds. The Morgan fingerprint density at radius 2 is 0.833 bits per heavy atom. The highest BCUT2D eigenvalue weighted by molar-refractivity contribution is 6.24. The molecule has 0 saturated heterocycles. The molecule has 9 rings (SSSR count). The third kappa shape index (κ3) is 3.33. The molecule has 2 heteroatoms. The van der Waals surface area contributed by atoms with Gasteiger partial charge in [-0.1, -0.05) is 115 Å². The summed E-state index contributed by atoms with van der Waals surface area (Å²) in [5, 5.41) is 8.26. The van der Waals surface area contributed by atoms with E-state index in [0.717, 1.165) is 38.5 Å². The quantitative estimate of drug-likeness (QED) is 0.210. The lowest BCUT2D eigenvalue weighted by Crippen LogP contribution is -1.92. The highest BCUT2D eigenvalue weighted by Gasteiger charge is 2.21. The first-order valence-electron chi connectivity index (χ1n) is 14.3. The normalized spacial score (nSPS) is 11.8. The van der Waals surface area contributed by atoms with Crippen LogP contribution < -0.4 is 0 Å². The predicted octanol–water partition coefficient (Wildman–Crippen LogP) is 11.6. The zero-order valence-corrected chi connectivity index (χ0v) is 22.7. The first-order valence-corrected chi connectivity index (χ1v) is 14.3. The van der Waals surface area contributed by atoms with Crippen LogP contribution in [0.4, 0.5) is 0 Å². The second-order valence-corrected chi connectivity index (χ2v) is 10.8. The molecule has 0 unspecified atom stereocenters. The Balaban J connectivity index is 1.37. The molecule has 0 radical (unpaired) electrons. The summed E-state index contributed by atoms with van der Waals surface area (Å²) in [6.07, 6.45) is 1.91. The van der Waals surface area contributed by atoms with Gasteiger partial charge >= 0.3 is 0 Å². The van der Waals surface area contributed by atoms with Crippen molar-refractivity contribution in [3.05, 3.63) is 146 Å². The fraction of sp³-hybridized carbons (Fsp3) is 0. The Morgan fingerprint density at radius 1 is 0.333 bits per heavy atom. The van der Waals surface area contributed by atoms with Crippen molar-refractivity contribution in [3.63, 3.8) is 0 Å². The SMILES string of the molecule is c1ccc(-c2c3ccccc3c(-c3coc4ccccc34)c3ccccc23)c(-c2ccc3oc4ccccc4c3c2)c1. The average Bonchev–Trinajstić information content (AvgIpc) is 3.65. The van der Waals surface area contributed by atoms with Gasteiger partial charge < -0.3 is 8.83 Å². The number of fused-ring (bicyclic) bond motifs is 6. The van der Waals surface area contributed by atoms with Crippen molar-refractivity contribution < 1.29 is 8.83 Å². The molecule has 42 heavy (non-hydrogen) atoms. The van der Waals surface area contributed by atoms with Gasteiger partial charge in [0.1, 0.15) is 16.7 Å². The van der Waals surface area contributed by atoms with Crippen LogP contribution in [0.15, 0.2) is 155 Å². The van der Waals surface area contributed by atoms with Gasteiger partial charge in [0.2, 0.25) is 0 Å². The molecule has 2 heterocycles. The van der Waals surface area contributed by atoms with Gasteiger partial charge in [-0.05, 0) is 68.1 Å². The Bertz CT molecular complexity index is 2420. The van der Waals surface area contributed by atoms with E-state index in [2.05, 4.69) is 115 Å². The minimum absolute atomic E-state index is 0.900. The van der Waals surface area contributed by atoms with Gasteiger partial charge in [-0.2, -0.15) is 0 Å². The second-order valence-electron chi connectivity index (χ2n) is 10.8. The Morgan fingerprint density at radius 3 is 1.52 bits per heavy atom. The summed E-state index contributed by atoms with van der Waals surface area (Å²) < 4.78 is 12.2. The van der Waals surface area contributed by atoms with Crippen molar-refractivity contribution in [2.75, 3.05) is 0 Å². The fourth-order valence-electron chi connectivity index (χ4n) is 6.73. The average molecular weight is 537 g/mol. The maximum Gasteiger partial charge on any atom is 0.135 e. The van der Waals surface area contributed by atoms with Crippen LogP contribution in [0.2, 0.25) is 0 Å². The van der Waals surface area contributed by atoms with Crippen molar-refractivity contribution in [3.8, 4) is 33.4 Å². The van der Waals surface area contributed by atoms with Crippen LogP contribution >= 0.6 is 0 Å². The number of para-hydroxylation sites is 2. The Labute approximate surface area is 242 Å². The van der Waals surface area contributed by atoms with Gasteiger partial charge in [-0.25, -0.2) is 0 Å². The lowest BCUT2D eigenvalue weighted by Gasteiger charge is -2.19. The minimum atomic E-state index is 0.900. The van der Waals surface area contributed by atoms with E-state index in [9.17, 15) is 0 Å². The zero-order chi connectivity index (χ0) is 27.6. The van der Waals surface area contributed by atoms with E-state index in [1.165, 1.54) is 49.4 Å². The zero-order valence-electron chi connectivity index (χ0n) is 22.7. The van der Waals surface area contributed by atoms with E-state index < -0.39 is 0 Å². The van der Waals surface area contributed by atoms with Gasteiger partial charge in [0.25, 0.3) is 0 Å². The highest BCUT2D eigenvalue weighted by Crippen LogP contribution is 2.47. The molecule has 0 atom stereocenters. The number of hydrogen-bond acceptors (Lipinski definition) is 2. The number of hydrogen-bond donors (Lipinski definition) is 0. The van der Waals surface area contributed by atoms with Crippen LogP contribution in [0, 0.1) is 0 Å². The monoisotopic (exact) mass is 536 g/mol. The van der Waals surface area contributed by atoms with E-state index in [1.807, 2.05) is 30.5 Å². The Kier molecular flexibility index (Phi) is 4.93. The van der Waals surface area contributed by atoms with Crippen molar-refractivity contribution in [2.45, 2.75) is 0 Å². The van der Waals surface area contributed by atoms with Gasteiger partial charge in [-0.3, -0.25) is 0 Å². The first kappa shape index (κ1) is 23.1. The molecule has 2 nitrogen and oxygen atoms in total. The van der Waals surface area contributed by atoms with Gasteiger partial charge in [0.15, 0.2) is 0 Å². The molecule has 2 aromatic heterocycles. The third-order valence-electron chi connectivity index (χ3n) is 8.57. The third-order valence-corrected chi connectivity index (χ3v) is 8.57. The lowest BCUT2D eigenvalue weighted by molar-refractivity contribution is 0.617. The summed E-state index contributed by atoms with van der Waals surface area (Å²) >= 11 is 0. The summed E-state index contributed by atoms with van der Waals surface area (Å²) in [7, 11) is 0. The highest BCUT2D eigenvalue weighted by atomic mass is 16.3. The number of furan rings is 2. The molecule has 0 saturated carbocycles. The molecule has 0 N–H and O–H groups in total. The standard InChI is InChI=1S/C40H24O2/c1-2-14-29(26(11-1)25-21-22-38-34(23-25)27-12-8-10-20-37(27)42-38)39-30-15-3-5-17-32(30)40(33-18-6-4-16-31(33)39)35-24-41-36-19-9-7-13-28(35)36/h1-24H. The Hall–Kier alpha value is -5.60. The van der Waals surface area contributed by atoms with Crippen molar-refractivity contribution in [1.82, 2.24) is 0 Å². The fourth-order valence-corrected chi connectivity index (χ4v) is 6.73. The molecule has 0 aliphatic rings. The van der Waals surface area contributed by atoms with Crippen LogP contribution in [-0.2, 0) is 0 Å². The summed E-state index contributed by atoms with van der Waals surface area (Å²) in [5.74, 6) is 0. The van der Waals surface area contributed by atoms with Crippen LogP contribution in [0.3, 0.4) is 0 Å². The van der Waals surface area contributed by atoms with Gasteiger partial charge in [-0.15, -0.1) is 0 Å². The summed E-state index contributed by atoms with van der Waals surface area (Å²) in [6.45, 7) is 0. The van der Waals surface area contributed by atoms with Crippen LogP contribution in [0.1, 0.15) is 0 Å². The maximum atomic E-state index is 6.14. The van der Waals surface area contributed by atoms with E-state index in [0.29, 0.717) is 0 Å². The second kappa shape index (κ2) is 8.95. The molecule has 9 aromatic rings. The van der Waals surface area contributed by atoms with E-state index >= 15 is 0 Å². The predicted molar refractivity (Wildman–Crippen MR) is 175 cm³/mol. The van der Waals surface area contributed by atoms with E-state index in [-0.39, 0.29) is 0 Å². The van der Waals surface area contributed by atoms with Crippen LogP contribution in [0.25, 0.3) is 87.8 Å². The van der Waals surface area contributed by atoms with E-state index in [1.54, 1.807) is 0 Å².